The maximum atomic E-state index is 12.9. The average Bonchev–Trinajstić information content (AvgIpc) is 3.15. The van der Waals surface area contributed by atoms with Gasteiger partial charge in [-0.15, -0.1) is 0 Å². The molecule has 27 heavy (non-hydrogen) atoms. The van der Waals surface area contributed by atoms with Gasteiger partial charge in [0, 0.05) is 30.8 Å². The molecule has 0 unspecified atom stereocenters. The second kappa shape index (κ2) is 8.96. The van der Waals surface area contributed by atoms with Gasteiger partial charge in [-0.25, -0.2) is 0 Å². The number of carbonyl (C=O) groups excluding carboxylic acids is 1. The summed E-state index contributed by atoms with van der Waals surface area (Å²) in [6.45, 7) is 3.76. The molecule has 3 rings (SSSR count). The van der Waals surface area contributed by atoms with Crippen LogP contribution in [0.5, 0.6) is 11.5 Å². The van der Waals surface area contributed by atoms with Crippen molar-refractivity contribution in [3.8, 4) is 11.5 Å². The van der Waals surface area contributed by atoms with Crippen LogP contribution >= 0.6 is 0 Å². The molecule has 0 aromatic heterocycles. The van der Waals surface area contributed by atoms with E-state index in [0.717, 1.165) is 55.2 Å². The summed E-state index contributed by atoms with van der Waals surface area (Å²) in [5.74, 6) is 2.68. The highest BCUT2D eigenvalue weighted by Gasteiger charge is 2.32. The van der Waals surface area contributed by atoms with Gasteiger partial charge in [0.15, 0.2) is 0 Å². The number of methoxy groups -OCH3 is 2. The fourth-order valence-corrected chi connectivity index (χ4v) is 4.58. The molecule has 0 bridgehead atoms. The van der Waals surface area contributed by atoms with Crippen LogP contribution < -0.4 is 9.47 Å². The Morgan fingerprint density at radius 2 is 1.89 bits per heavy atom. The summed E-state index contributed by atoms with van der Waals surface area (Å²) < 4.78 is 10.9. The van der Waals surface area contributed by atoms with Crippen LogP contribution in [-0.2, 0) is 4.79 Å². The summed E-state index contributed by atoms with van der Waals surface area (Å²) >= 11 is 0. The van der Waals surface area contributed by atoms with E-state index in [1.165, 1.54) is 12.8 Å². The zero-order chi connectivity index (χ0) is 19.4. The van der Waals surface area contributed by atoms with Gasteiger partial charge in [-0.2, -0.15) is 0 Å². The van der Waals surface area contributed by atoms with Crippen molar-refractivity contribution in [1.82, 2.24) is 9.80 Å². The lowest BCUT2D eigenvalue weighted by molar-refractivity contribution is -0.134. The highest BCUT2D eigenvalue weighted by atomic mass is 16.5. The van der Waals surface area contributed by atoms with Crippen LogP contribution in [0, 0.1) is 5.92 Å². The van der Waals surface area contributed by atoms with Crippen molar-refractivity contribution in [2.75, 3.05) is 34.4 Å². The fraction of sp³-hybridized carbons (Fsp3) is 0.682. The Morgan fingerprint density at radius 3 is 2.56 bits per heavy atom. The van der Waals surface area contributed by atoms with E-state index < -0.39 is 0 Å². The van der Waals surface area contributed by atoms with Crippen molar-refractivity contribution in [1.29, 1.82) is 0 Å². The number of nitrogens with zero attached hydrogens (tertiary/aromatic N) is 2. The molecule has 2 fully saturated rings. The van der Waals surface area contributed by atoms with Gasteiger partial charge in [-0.05, 0) is 57.1 Å². The largest absolute Gasteiger partial charge is 0.497 e. The maximum absolute atomic E-state index is 12.9. The molecule has 5 nitrogen and oxygen atoms in total. The topological polar surface area (TPSA) is 42.0 Å². The molecular formula is C22H34N2O3. The monoisotopic (exact) mass is 374 g/mol. The summed E-state index contributed by atoms with van der Waals surface area (Å²) in [6.07, 6.45) is 6.91. The molecule has 1 saturated heterocycles. The van der Waals surface area contributed by atoms with E-state index in [4.69, 9.17) is 9.47 Å². The minimum Gasteiger partial charge on any atom is -0.497 e. The van der Waals surface area contributed by atoms with Gasteiger partial charge in [-0.1, -0.05) is 13.0 Å². The Kier molecular flexibility index (Phi) is 6.64. The predicted molar refractivity (Wildman–Crippen MR) is 107 cm³/mol. The molecule has 1 aromatic carbocycles. The first-order chi connectivity index (χ1) is 13.0. The van der Waals surface area contributed by atoms with Crippen LogP contribution in [0.4, 0.5) is 0 Å². The fourth-order valence-electron chi connectivity index (χ4n) is 4.58. The second-order valence-corrected chi connectivity index (χ2v) is 8.15. The summed E-state index contributed by atoms with van der Waals surface area (Å²) in [5, 5.41) is 0. The third kappa shape index (κ3) is 4.57. The van der Waals surface area contributed by atoms with Crippen molar-refractivity contribution in [2.45, 2.75) is 57.5 Å². The lowest BCUT2D eigenvalue weighted by Gasteiger charge is -2.35. The number of rotatable bonds is 6. The van der Waals surface area contributed by atoms with Crippen LogP contribution in [0.1, 0.15) is 57.1 Å². The van der Waals surface area contributed by atoms with E-state index in [2.05, 4.69) is 17.9 Å². The normalized spacial score (nSPS) is 26.0. The standard InChI is InChI=1S/C22H34N2O3/c1-16-7-9-17(10-8-16)23(2)22(25)15-24-13-5-6-20(24)19-12-11-18(26-3)14-21(19)27-4/h11-12,14,16-17,20H,5-10,13,15H2,1-4H3/t16?,17?,20-/m0/s1. The van der Waals surface area contributed by atoms with E-state index >= 15 is 0 Å². The van der Waals surface area contributed by atoms with Gasteiger partial charge in [0.25, 0.3) is 0 Å². The number of likely N-dealkylation sites (N-methyl/N-ethyl adjacent to an activating group) is 1. The van der Waals surface area contributed by atoms with E-state index in [9.17, 15) is 4.79 Å². The summed E-state index contributed by atoms with van der Waals surface area (Å²) in [5.41, 5.74) is 1.15. The smallest absolute Gasteiger partial charge is 0.236 e. The van der Waals surface area contributed by atoms with E-state index in [1.807, 2.05) is 24.1 Å². The van der Waals surface area contributed by atoms with Crippen LogP contribution in [0.25, 0.3) is 0 Å². The molecule has 1 aliphatic carbocycles. The minimum atomic E-state index is 0.231. The van der Waals surface area contributed by atoms with Gasteiger partial charge in [0.2, 0.25) is 5.91 Å². The van der Waals surface area contributed by atoms with Gasteiger partial charge in [0.05, 0.1) is 20.8 Å². The van der Waals surface area contributed by atoms with Crippen molar-refractivity contribution in [3.63, 3.8) is 0 Å². The lowest BCUT2D eigenvalue weighted by Crippen LogP contribution is -2.44. The Bertz CT molecular complexity index is 640. The molecule has 0 N–H and O–H groups in total. The van der Waals surface area contributed by atoms with Crippen LogP contribution in [0.2, 0.25) is 0 Å². The molecule has 2 aliphatic rings. The average molecular weight is 375 g/mol. The number of carbonyl (C=O) groups is 1. The summed E-state index contributed by atoms with van der Waals surface area (Å²) in [6, 6.07) is 6.63. The van der Waals surface area contributed by atoms with Crippen LogP contribution in [0.15, 0.2) is 18.2 Å². The van der Waals surface area contributed by atoms with E-state index in [-0.39, 0.29) is 11.9 Å². The van der Waals surface area contributed by atoms with Crippen molar-refractivity contribution in [3.05, 3.63) is 23.8 Å². The first-order valence-electron chi connectivity index (χ1n) is 10.2. The van der Waals surface area contributed by atoms with E-state index in [0.29, 0.717) is 12.6 Å². The van der Waals surface area contributed by atoms with Crippen molar-refractivity contribution < 1.29 is 14.3 Å². The first-order valence-corrected chi connectivity index (χ1v) is 10.2. The van der Waals surface area contributed by atoms with Gasteiger partial charge < -0.3 is 14.4 Å². The molecule has 1 amide bonds. The lowest BCUT2D eigenvalue weighted by atomic mass is 9.87. The Hall–Kier alpha value is -1.75. The highest BCUT2D eigenvalue weighted by Crippen LogP contribution is 2.38. The SMILES string of the molecule is COc1ccc([C@@H]2CCCN2CC(=O)N(C)C2CCC(C)CC2)c(OC)c1. The molecule has 5 heteroatoms. The van der Waals surface area contributed by atoms with Gasteiger partial charge in [0.1, 0.15) is 11.5 Å². The zero-order valence-corrected chi connectivity index (χ0v) is 17.2. The third-order valence-corrected chi connectivity index (χ3v) is 6.43. The van der Waals surface area contributed by atoms with Crippen molar-refractivity contribution >= 4 is 5.91 Å². The van der Waals surface area contributed by atoms with Crippen LogP contribution in [-0.4, -0.2) is 56.1 Å². The molecule has 150 valence electrons. The minimum absolute atomic E-state index is 0.231. The molecule has 1 heterocycles. The number of hydrogen-bond acceptors (Lipinski definition) is 4. The van der Waals surface area contributed by atoms with Crippen molar-refractivity contribution in [2.24, 2.45) is 5.92 Å². The zero-order valence-electron chi connectivity index (χ0n) is 17.2. The second-order valence-electron chi connectivity index (χ2n) is 8.15. The van der Waals surface area contributed by atoms with E-state index in [1.54, 1.807) is 14.2 Å². The molecule has 0 spiro atoms. The summed E-state index contributed by atoms with van der Waals surface area (Å²) in [7, 11) is 5.35. The van der Waals surface area contributed by atoms with Gasteiger partial charge in [-0.3, -0.25) is 9.69 Å². The molecular weight excluding hydrogens is 340 g/mol. The molecule has 1 aromatic rings. The highest BCUT2D eigenvalue weighted by molar-refractivity contribution is 5.78. The Morgan fingerprint density at radius 1 is 1.15 bits per heavy atom. The molecule has 0 radical (unpaired) electrons. The summed E-state index contributed by atoms with van der Waals surface area (Å²) in [4.78, 5) is 17.3. The van der Waals surface area contributed by atoms with Gasteiger partial charge >= 0.3 is 0 Å². The number of benzene rings is 1. The first kappa shape index (κ1) is 20.0. The molecule has 1 saturated carbocycles. The number of hydrogen-bond donors (Lipinski definition) is 0. The Balaban J connectivity index is 1.67. The third-order valence-electron chi connectivity index (χ3n) is 6.43. The molecule has 1 atom stereocenters. The number of ether oxygens (including phenoxy) is 2. The Labute approximate surface area is 163 Å². The molecule has 1 aliphatic heterocycles. The maximum Gasteiger partial charge on any atom is 0.236 e. The van der Waals surface area contributed by atoms with Crippen LogP contribution in [0.3, 0.4) is 0 Å². The number of likely N-dealkylation sites (tertiary alicyclic amines) is 1. The predicted octanol–water partition coefficient (Wildman–Crippen LogP) is 3.88. The number of amides is 1. The quantitative estimate of drug-likeness (QED) is 0.758.